The van der Waals surface area contributed by atoms with E-state index < -0.39 is 0 Å². The Kier molecular flexibility index (Phi) is 7.52. The van der Waals surface area contributed by atoms with E-state index in [1.165, 1.54) is 31.4 Å². The lowest BCUT2D eigenvalue weighted by molar-refractivity contribution is 0.0726. The second-order valence-corrected chi connectivity index (χ2v) is 8.33. The van der Waals surface area contributed by atoms with Gasteiger partial charge in [0.15, 0.2) is 0 Å². The first-order valence-corrected chi connectivity index (χ1v) is 10.8. The Hall–Kier alpha value is -1.84. The monoisotopic (exact) mass is 398 g/mol. The molecular formula is C24H31ClN2O. The molecule has 0 N–H and O–H groups in total. The molecule has 0 aromatic heterocycles. The fourth-order valence-electron chi connectivity index (χ4n) is 3.93. The summed E-state index contributed by atoms with van der Waals surface area (Å²) in [4.78, 5) is 17.7. The van der Waals surface area contributed by atoms with Crippen LogP contribution in [0.15, 0.2) is 48.5 Å². The number of halogens is 1. The van der Waals surface area contributed by atoms with Crippen LogP contribution in [0.1, 0.15) is 54.1 Å². The van der Waals surface area contributed by atoms with E-state index in [0.717, 1.165) is 25.1 Å². The first-order chi connectivity index (χ1) is 13.5. The van der Waals surface area contributed by atoms with Crippen LogP contribution in [0.5, 0.6) is 0 Å². The summed E-state index contributed by atoms with van der Waals surface area (Å²) in [5.41, 5.74) is 2.96. The lowest BCUT2D eigenvalue weighted by Crippen LogP contribution is -2.40. The highest BCUT2D eigenvalue weighted by Crippen LogP contribution is 2.20. The normalized spacial score (nSPS) is 17.5. The standard InChI is InChI=1S/C24H31ClN2O/c1-19-11-13-21(14-12-19)18-27(24(28)22-9-3-4-10-23(22)25)17-7-16-26-15-6-5-8-20(26)2/h3-4,9-14,20H,5-8,15-18H2,1-2H3. The van der Waals surface area contributed by atoms with Crippen LogP contribution in [0, 0.1) is 6.92 Å². The van der Waals surface area contributed by atoms with E-state index in [1.54, 1.807) is 6.07 Å². The minimum atomic E-state index is 0.0119. The maximum Gasteiger partial charge on any atom is 0.255 e. The van der Waals surface area contributed by atoms with Gasteiger partial charge < -0.3 is 9.80 Å². The molecule has 2 aromatic rings. The second kappa shape index (κ2) is 10.1. The number of piperidine rings is 1. The number of carbonyl (C=O) groups is 1. The van der Waals surface area contributed by atoms with Crippen molar-refractivity contribution in [3.8, 4) is 0 Å². The maximum atomic E-state index is 13.2. The predicted molar refractivity (Wildman–Crippen MR) is 117 cm³/mol. The molecule has 150 valence electrons. The van der Waals surface area contributed by atoms with Crippen LogP contribution in [0.25, 0.3) is 0 Å². The number of aryl methyl sites for hydroxylation is 1. The van der Waals surface area contributed by atoms with Gasteiger partial charge in [-0.15, -0.1) is 0 Å². The topological polar surface area (TPSA) is 23.6 Å². The Labute approximate surface area is 174 Å². The van der Waals surface area contributed by atoms with Crippen LogP contribution in [-0.2, 0) is 6.54 Å². The van der Waals surface area contributed by atoms with Crippen molar-refractivity contribution < 1.29 is 4.79 Å². The SMILES string of the molecule is Cc1ccc(CN(CCCN2CCCCC2C)C(=O)c2ccccc2Cl)cc1. The largest absolute Gasteiger partial charge is 0.334 e. The number of benzene rings is 2. The van der Waals surface area contributed by atoms with Crippen molar-refractivity contribution in [3.05, 3.63) is 70.2 Å². The molecule has 1 aliphatic heterocycles. The summed E-state index contributed by atoms with van der Waals surface area (Å²) in [6, 6.07) is 16.4. The quantitative estimate of drug-likeness (QED) is 0.609. The van der Waals surface area contributed by atoms with Gasteiger partial charge in [-0.25, -0.2) is 0 Å². The molecule has 3 nitrogen and oxygen atoms in total. The van der Waals surface area contributed by atoms with Gasteiger partial charge in [-0.05, 0) is 57.4 Å². The molecule has 1 fully saturated rings. The molecule has 4 heteroatoms. The fraction of sp³-hybridized carbons (Fsp3) is 0.458. The van der Waals surface area contributed by atoms with Crippen LogP contribution in [0.2, 0.25) is 5.02 Å². The van der Waals surface area contributed by atoms with Crippen molar-refractivity contribution in [2.24, 2.45) is 0 Å². The van der Waals surface area contributed by atoms with E-state index in [0.29, 0.717) is 23.2 Å². The number of hydrogen-bond donors (Lipinski definition) is 0. The highest BCUT2D eigenvalue weighted by atomic mass is 35.5. The molecule has 0 saturated carbocycles. The lowest BCUT2D eigenvalue weighted by atomic mass is 10.0. The van der Waals surface area contributed by atoms with Crippen molar-refractivity contribution in [1.82, 2.24) is 9.80 Å². The Morgan fingerprint density at radius 2 is 1.89 bits per heavy atom. The van der Waals surface area contributed by atoms with Gasteiger partial charge >= 0.3 is 0 Å². The molecule has 0 bridgehead atoms. The molecule has 0 radical (unpaired) electrons. The number of rotatable bonds is 7. The van der Waals surface area contributed by atoms with E-state index in [2.05, 4.69) is 43.0 Å². The summed E-state index contributed by atoms with van der Waals surface area (Å²) >= 11 is 6.31. The third-order valence-electron chi connectivity index (χ3n) is 5.70. The number of amides is 1. The molecule has 1 atom stereocenters. The highest BCUT2D eigenvalue weighted by Gasteiger charge is 2.21. The zero-order chi connectivity index (χ0) is 19.9. The van der Waals surface area contributed by atoms with Gasteiger partial charge in [-0.1, -0.05) is 60.0 Å². The van der Waals surface area contributed by atoms with Crippen LogP contribution in [0.4, 0.5) is 0 Å². The first-order valence-electron chi connectivity index (χ1n) is 10.4. The first kappa shape index (κ1) is 20.9. The van der Waals surface area contributed by atoms with Gasteiger partial charge in [-0.2, -0.15) is 0 Å². The molecule has 1 heterocycles. The van der Waals surface area contributed by atoms with Crippen molar-refractivity contribution in [3.63, 3.8) is 0 Å². The third-order valence-corrected chi connectivity index (χ3v) is 6.03. The van der Waals surface area contributed by atoms with Gasteiger partial charge in [-0.3, -0.25) is 4.79 Å². The van der Waals surface area contributed by atoms with E-state index in [1.807, 2.05) is 23.1 Å². The van der Waals surface area contributed by atoms with Gasteiger partial charge in [0, 0.05) is 25.7 Å². The Balaban J connectivity index is 1.69. The van der Waals surface area contributed by atoms with Crippen LogP contribution in [0.3, 0.4) is 0 Å². The zero-order valence-corrected chi connectivity index (χ0v) is 17.8. The molecule has 2 aromatic carbocycles. The average Bonchev–Trinajstić information content (AvgIpc) is 2.70. The predicted octanol–water partition coefficient (Wildman–Crippen LogP) is 5.56. The molecule has 1 saturated heterocycles. The third kappa shape index (κ3) is 5.59. The Morgan fingerprint density at radius 1 is 1.14 bits per heavy atom. The van der Waals surface area contributed by atoms with Gasteiger partial charge in [0.05, 0.1) is 10.6 Å². The Bertz CT molecular complexity index is 774. The number of hydrogen-bond acceptors (Lipinski definition) is 2. The average molecular weight is 399 g/mol. The smallest absolute Gasteiger partial charge is 0.255 e. The van der Waals surface area contributed by atoms with E-state index in [9.17, 15) is 4.79 Å². The maximum absolute atomic E-state index is 13.2. The van der Waals surface area contributed by atoms with Gasteiger partial charge in [0.2, 0.25) is 0 Å². The molecule has 0 aliphatic carbocycles. The Morgan fingerprint density at radius 3 is 2.61 bits per heavy atom. The minimum Gasteiger partial charge on any atom is -0.334 e. The second-order valence-electron chi connectivity index (χ2n) is 7.93. The zero-order valence-electron chi connectivity index (χ0n) is 17.0. The van der Waals surface area contributed by atoms with Crippen molar-refractivity contribution in [1.29, 1.82) is 0 Å². The van der Waals surface area contributed by atoms with Crippen LogP contribution < -0.4 is 0 Å². The van der Waals surface area contributed by atoms with E-state index >= 15 is 0 Å². The molecule has 1 aliphatic rings. The summed E-state index contributed by atoms with van der Waals surface area (Å²) in [6.45, 7) is 7.97. The van der Waals surface area contributed by atoms with Crippen molar-refractivity contribution in [2.75, 3.05) is 19.6 Å². The van der Waals surface area contributed by atoms with Gasteiger partial charge in [0.1, 0.15) is 0 Å². The highest BCUT2D eigenvalue weighted by molar-refractivity contribution is 6.33. The minimum absolute atomic E-state index is 0.0119. The number of carbonyl (C=O) groups excluding carboxylic acids is 1. The molecule has 28 heavy (non-hydrogen) atoms. The summed E-state index contributed by atoms with van der Waals surface area (Å²) in [5.74, 6) is 0.0119. The number of nitrogens with zero attached hydrogens (tertiary/aromatic N) is 2. The van der Waals surface area contributed by atoms with Crippen molar-refractivity contribution >= 4 is 17.5 Å². The van der Waals surface area contributed by atoms with Gasteiger partial charge in [0.25, 0.3) is 5.91 Å². The lowest BCUT2D eigenvalue weighted by Gasteiger charge is -2.34. The molecule has 0 spiro atoms. The summed E-state index contributed by atoms with van der Waals surface area (Å²) in [7, 11) is 0. The van der Waals surface area contributed by atoms with Crippen molar-refractivity contribution in [2.45, 2.75) is 52.1 Å². The molecule has 1 amide bonds. The fourth-order valence-corrected chi connectivity index (χ4v) is 4.14. The van der Waals surface area contributed by atoms with Crippen LogP contribution in [-0.4, -0.2) is 41.4 Å². The summed E-state index contributed by atoms with van der Waals surface area (Å²) < 4.78 is 0. The molecule has 3 rings (SSSR count). The van der Waals surface area contributed by atoms with E-state index in [-0.39, 0.29) is 5.91 Å². The number of likely N-dealkylation sites (tertiary alicyclic amines) is 1. The van der Waals surface area contributed by atoms with E-state index in [4.69, 9.17) is 11.6 Å². The molecule has 1 unspecified atom stereocenters. The van der Waals surface area contributed by atoms with Crippen LogP contribution >= 0.6 is 11.6 Å². The summed E-state index contributed by atoms with van der Waals surface area (Å²) in [6.07, 6.45) is 4.89. The summed E-state index contributed by atoms with van der Waals surface area (Å²) in [5, 5.41) is 0.519. The molecular weight excluding hydrogens is 368 g/mol.